The standard InChI is InChI=1S/C16H18ClN3O/c1-2-5-20-6-3-12(4-7-20)18-15-8-11-9-16(21)19-14(11)10-13(15)17/h1,8,10,12,18H,3-7,9H2,(H,19,21). The average molecular weight is 304 g/mol. The third kappa shape index (κ3) is 3.15. The zero-order chi connectivity index (χ0) is 14.8. The predicted octanol–water partition coefficient (Wildman–Crippen LogP) is 2.34. The van der Waals surface area contributed by atoms with Crippen LogP contribution in [0.3, 0.4) is 0 Å². The van der Waals surface area contributed by atoms with Crippen molar-refractivity contribution in [3.05, 3.63) is 22.7 Å². The van der Waals surface area contributed by atoms with E-state index in [4.69, 9.17) is 18.0 Å². The SMILES string of the molecule is C#CCN1CCC(Nc2cc3c(cc2Cl)NC(=O)C3)CC1. The topological polar surface area (TPSA) is 44.4 Å². The average Bonchev–Trinajstić information content (AvgIpc) is 2.81. The molecule has 2 aliphatic heterocycles. The lowest BCUT2D eigenvalue weighted by atomic mass is 10.0. The van der Waals surface area contributed by atoms with Gasteiger partial charge in [0.15, 0.2) is 0 Å². The van der Waals surface area contributed by atoms with Crippen molar-refractivity contribution < 1.29 is 4.79 Å². The number of halogens is 1. The summed E-state index contributed by atoms with van der Waals surface area (Å²) in [5.41, 5.74) is 2.76. The highest BCUT2D eigenvalue weighted by atomic mass is 35.5. The number of hydrogen-bond acceptors (Lipinski definition) is 3. The highest BCUT2D eigenvalue weighted by Gasteiger charge is 2.22. The fourth-order valence-electron chi connectivity index (χ4n) is 2.94. The summed E-state index contributed by atoms with van der Waals surface area (Å²) in [7, 11) is 0. The first-order valence-electron chi connectivity index (χ1n) is 7.20. The minimum Gasteiger partial charge on any atom is -0.381 e. The first-order chi connectivity index (χ1) is 10.2. The van der Waals surface area contributed by atoms with Crippen LogP contribution in [0.25, 0.3) is 0 Å². The summed E-state index contributed by atoms with van der Waals surface area (Å²) in [5.74, 6) is 2.72. The van der Waals surface area contributed by atoms with Gasteiger partial charge in [-0.2, -0.15) is 0 Å². The highest BCUT2D eigenvalue weighted by molar-refractivity contribution is 6.33. The second-order valence-electron chi connectivity index (χ2n) is 5.61. The van der Waals surface area contributed by atoms with E-state index < -0.39 is 0 Å². The minimum absolute atomic E-state index is 0.0285. The lowest BCUT2D eigenvalue weighted by Crippen LogP contribution is -2.39. The first-order valence-corrected chi connectivity index (χ1v) is 7.58. The number of hydrogen-bond donors (Lipinski definition) is 2. The second kappa shape index (κ2) is 5.97. The molecular formula is C16H18ClN3O. The fourth-order valence-corrected chi connectivity index (χ4v) is 3.16. The number of carbonyl (C=O) groups is 1. The fraction of sp³-hybridized carbons (Fsp3) is 0.438. The lowest BCUT2D eigenvalue weighted by molar-refractivity contribution is -0.115. The lowest BCUT2D eigenvalue weighted by Gasteiger charge is -2.31. The molecule has 21 heavy (non-hydrogen) atoms. The van der Waals surface area contributed by atoms with Gasteiger partial charge < -0.3 is 10.6 Å². The van der Waals surface area contributed by atoms with Crippen LogP contribution in [0.15, 0.2) is 12.1 Å². The van der Waals surface area contributed by atoms with Crippen LogP contribution in [0.2, 0.25) is 5.02 Å². The maximum atomic E-state index is 11.4. The molecule has 2 aliphatic rings. The molecule has 110 valence electrons. The van der Waals surface area contributed by atoms with E-state index in [9.17, 15) is 4.79 Å². The molecule has 0 spiro atoms. The van der Waals surface area contributed by atoms with Crippen LogP contribution in [-0.2, 0) is 11.2 Å². The molecule has 0 aliphatic carbocycles. The number of benzene rings is 1. The van der Waals surface area contributed by atoms with Crippen LogP contribution in [-0.4, -0.2) is 36.5 Å². The third-order valence-corrected chi connectivity index (χ3v) is 4.39. The molecule has 2 heterocycles. The Balaban J connectivity index is 1.65. The Morgan fingerprint density at radius 1 is 1.43 bits per heavy atom. The Bertz CT molecular complexity index is 600. The Kier molecular flexibility index (Phi) is 4.05. The molecule has 0 unspecified atom stereocenters. The summed E-state index contributed by atoms with van der Waals surface area (Å²) in [6, 6.07) is 4.22. The number of terminal acetylenes is 1. The summed E-state index contributed by atoms with van der Waals surface area (Å²) in [5, 5.41) is 6.97. The summed E-state index contributed by atoms with van der Waals surface area (Å²) in [6.07, 6.45) is 7.87. The van der Waals surface area contributed by atoms with Crippen molar-refractivity contribution in [3.8, 4) is 12.3 Å². The van der Waals surface area contributed by atoms with Gasteiger partial charge in [-0.15, -0.1) is 6.42 Å². The molecule has 1 fully saturated rings. The Labute approximate surface area is 129 Å². The molecule has 0 aromatic heterocycles. The number of amides is 1. The minimum atomic E-state index is 0.0285. The van der Waals surface area contributed by atoms with Crippen molar-refractivity contribution in [1.29, 1.82) is 0 Å². The van der Waals surface area contributed by atoms with Crippen LogP contribution < -0.4 is 10.6 Å². The number of carbonyl (C=O) groups excluding carboxylic acids is 1. The van der Waals surface area contributed by atoms with Gasteiger partial charge in [0.05, 0.1) is 23.7 Å². The number of fused-ring (bicyclic) bond motifs is 1. The Morgan fingerprint density at radius 3 is 2.90 bits per heavy atom. The molecule has 0 bridgehead atoms. The maximum Gasteiger partial charge on any atom is 0.228 e. The number of nitrogens with one attached hydrogen (secondary N) is 2. The van der Waals surface area contributed by atoms with Gasteiger partial charge in [-0.1, -0.05) is 17.5 Å². The van der Waals surface area contributed by atoms with Crippen LogP contribution in [0.5, 0.6) is 0 Å². The summed E-state index contributed by atoms with van der Waals surface area (Å²) < 4.78 is 0. The molecule has 1 aromatic carbocycles. The van der Waals surface area contributed by atoms with E-state index in [1.54, 1.807) is 0 Å². The quantitative estimate of drug-likeness (QED) is 0.843. The smallest absolute Gasteiger partial charge is 0.228 e. The summed E-state index contributed by atoms with van der Waals surface area (Å²) in [6.45, 7) is 2.73. The van der Waals surface area contributed by atoms with Crippen molar-refractivity contribution in [2.45, 2.75) is 25.3 Å². The summed E-state index contributed by atoms with van der Waals surface area (Å²) >= 11 is 6.30. The van der Waals surface area contributed by atoms with Gasteiger partial charge in [-0.25, -0.2) is 0 Å². The largest absolute Gasteiger partial charge is 0.381 e. The Morgan fingerprint density at radius 2 is 2.19 bits per heavy atom. The van der Waals surface area contributed by atoms with E-state index in [-0.39, 0.29) is 5.91 Å². The zero-order valence-corrected chi connectivity index (χ0v) is 12.5. The molecule has 0 radical (unpaired) electrons. The zero-order valence-electron chi connectivity index (χ0n) is 11.8. The Hall–Kier alpha value is -1.70. The number of rotatable bonds is 3. The van der Waals surface area contributed by atoms with Crippen molar-refractivity contribution >= 4 is 28.9 Å². The molecule has 1 saturated heterocycles. The van der Waals surface area contributed by atoms with Crippen molar-refractivity contribution in [2.24, 2.45) is 0 Å². The molecular weight excluding hydrogens is 286 g/mol. The van der Waals surface area contributed by atoms with E-state index in [2.05, 4.69) is 21.5 Å². The third-order valence-electron chi connectivity index (χ3n) is 4.08. The van der Waals surface area contributed by atoms with Crippen LogP contribution in [0.1, 0.15) is 18.4 Å². The van der Waals surface area contributed by atoms with Crippen molar-refractivity contribution in [3.63, 3.8) is 0 Å². The van der Waals surface area contributed by atoms with Crippen LogP contribution >= 0.6 is 11.6 Å². The predicted molar refractivity (Wildman–Crippen MR) is 85.7 cm³/mol. The monoisotopic (exact) mass is 303 g/mol. The van der Waals surface area contributed by atoms with E-state index in [1.807, 2.05) is 12.1 Å². The van der Waals surface area contributed by atoms with Gasteiger partial charge in [-0.3, -0.25) is 9.69 Å². The molecule has 0 atom stereocenters. The van der Waals surface area contributed by atoms with Crippen molar-refractivity contribution in [1.82, 2.24) is 4.90 Å². The number of nitrogens with zero attached hydrogens (tertiary/aromatic N) is 1. The molecule has 4 nitrogen and oxygen atoms in total. The first kappa shape index (κ1) is 14.2. The van der Waals surface area contributed by atoms with Gasteiger partial charge in [0.25, 0.3) is 0 Å². The van der Waals surface area contributed by atoms with E-state index >= 15 is 0 Å². The van der Waals surface area contributed by atoms with Crippen LogP contribution in [0.4, 0.5) is 11.4 Å². The van der Waals surface area contributed by atoms with Gasteiger partial charge in [0.2, 0.25) is 5.91 Å². The van der Waals surface area contributed by atoms with Gasteiger partial charge in [-0.05, 0) is 30.5 Å². The molecule has 1 amide bonds. The number of piperidine rings is 1. The van der Waals surface area contributed by atoms with Gasteiger partial charge in [0, 0.05) is 24.8 Å². The highest BCUT2D eigenvalue weighted by Crippen LogP contribution is 2.33. The van der Waals surface area contributed by atoms with E-state index in [0.717, 1.165) is 49.4 Å². The molecule has 1 aromatic rings. The molecule has 0 saturated carbocycles. The molecule has 5 heteroatoms. The number of anilines is 2. The maximum absolute atomic E-state index is 11.4. The normalized spacial score (nSPS) is 19.0. The molecule has 3 rings (SSSR count). The van der Waals surface area contributed by atoms with E-state index in [1.165, 1.54) is 0 Å². The van der Waals surface area contributed by atoms with E-state index in [0.29, 0.717) is 17.5 Å². The van der Waals surface area contributed by atoms with Crippen LogP contribution in [0, 0.1) is 12.3 Å². The molecule has 2 N–H and O–H groups in total. The number of likely N-dealkylation sites (tertiary alicyclic amines) is 1. The van der Waals surface area contributed by atoms with Gasteiger partial charge in [0.1, 0.15) is 0 Å². The van der Waals surface area contributed by atoms with Gasteiger partial charge >= 0.3 is 0 Å². The second-order valence-corrected chi connectivity index (χ2v) is 6.02. The summed E-state index contributed by atoms with van der Waals surface area (Å²) in [4.78, 5) is 13.7. The van der Waals surface area contributed by atoms with Crippen molar-refractivity contribution in [2.75, 3.05) is 30.3 Å².